The zero-order valence-electron chi connectivity index (χ0n) is 13.2. The molecule has 20 heavy (non-hydrogen) atoms. The minimum atomic E-state index is -0.373. The van der Waals surface area contributed by atoms with Gasteiger partial charge >= 0.3 is 0 Å². The highest BCUT2D eigenvalue weighted by molar-refractivity contribution is 5.96. The van der Waals surface area contributed by atoms with Crippen molar-refractivity contribution < 1.29 is 4.79 Å². The van der Waals surface area contributed by atoms with Gasteiger partial charge in [-0.25, -0.2) is 0 Å². The summed E-state index contributed by atoms with van der Waals surface area (Å²) in [4.78, 5) is 12.7. The highest BCUT2D eigenvalue weighted by Gasteiger charge is 2.37. The molecule has 1 atom stereocenters. The van der Waals surface area contributed by atoms with Crippen molar-refractivity contribution in [2.75, 3.05) is 18.4 Å². The Hall–Kier alpha value is -1.36. The molecule has 0 radical (unpaired) electrons. The average molecular weight is 278 g/mol. The van der Waals surface area contributed by atoms with E-state index in [-0.39, 0.29) is 11.3 Å². The zero-order chi connectivity index (χ0) is 14.9. The lowest BCUT2D eigenvalue weighted by atomic mass is 9.74. The number of aryl methyl sites for hydroxylation is 2. The number of hydrogen-bond acceptors (Lipinski definition) is 3. The van der Waals surface area contributed by atoms with Crippen molar-refractivity contribution >= 4 is 11.6 Å². The predicted octanol–water partition coefficient (Wildman–Crippen LogP) is 2.00. The molecule has 2 N–H and O–H groups in total. The van der Waals surface area contributed by atoms with E-state index in [1.54, 1.807) is 4.68 Å². The number of aromatic nitrogens is 2. The molecule has 1 aromatic rings. The van der Waals surface area contributed by atoms with Crippen LogP contribution in [0.5, 0.6) is 0 Å². The van der Waals surface area contributed by atoms with Crippen molar-refractivity contribution in [2.24, 2.45) is 18.4 Å². The lowest BCUT2D eigenvalue weighted by molar-refractivity contribution is -0.127. The molecule has 1 aliphatic heterocycles. The van der Waals surface area contributed by atoms with E-state index < -0.39 is 0 Å². The van der Waals surface area contributed by atoms with Gasteiger partial charge in [0.15, 0.2) is 0 Å². The Morgan fingerprint density at radius 2 is 2.15 bits per heavy atom. The molecule has 0 aliphatic carbocycles. The third-order valence-corrected chi connectivity index (χ3v) is 4.65. The van der Waals surface area contributed by atoms with Gasteiger partial charge in [-0.15, -0.1) is 0 Å². The molecule has 1 aliphatic rings. The van der Waals surface area contributed by atoms with E-state index >= 15 is 0 Å². The number of amides is 1. The Kier molecular flexibility index (Phi) is 4.18. The van der Waals surface area contributed by atoms with Gasteiger partial charge in [-0.1, -0.05) is 13.8 Å². The Labute approximate surface area is 121 Å². The normalized spacial score (nSPS) is 19.9. The van der Waals surface area contributed by atoms with Crippen molar-refractivity contribution in [3.05, 3.63) is 11.4 Å². The second-order valence-corrected chi connectivity index (χ2v) is 6.39. The van der Waals surface area contributed by atoms with Crippen LogP contribution in [0.4, 0.5) is 5.69 Å². The fourth-order valence-corrected chi connectivity index (χ4v) is 2.88. The number of nitrogens with one attached hydrogen (secondary N) is 2. The highest BCUT2D eigenvalue weighted by atomic mass is 16.2. The maximum Gasteiger partial charge on any atom is 0.230 e. The Bertz CT molecular complexity index is 498. The molecular formula is C15H26N4O. The Morgan fingerprint density at radius 1 is 1.45 bits per heavy atom. The first kappa shape index (κ1) is 15.0. The molecule has 1 saturated heterocycles. The number of piperidine rings is 1. The van der Waals surface area contributed by atoms with Crippen LogP contribution >= 0.6 is 0 Å². The lowest BCUT2D eigenvalue weighted by Gasteiger charge is -2.36. The van der Waals surface area contributed by atoms with Gasteiger partial charge in [0.2, 0.25) is 5.91 Å². The van der Waals surface area contributed by atoms with E-state index in [0.717, 1.165) is 43.0 Å². The fraction of sp³-hybridized carbons (Fsp3) is 0.733. The summed E-state index contributed by atoms with van der Waals surface area (Å²) in [6, 6.07) is 0. The van der Waals surface area contributed by atoms with E-state index in [1.807, 2.05) is 34.7 Å². The largest absolute Gasteiger partial charge is 0.322 e. The van der Waals surface area contributed by atoms with Gasteiger partial charge in [0.05, 0.1) is 17.1 Å². The molecular weight excluding hydrogens is 252 g/mol. The maximum absolute atomic E-state index is 12.7. The molecule has 0 aromatic carbocycles. The van der Waals surface area contributed by atoms with Crippen molar-refractivity contribution in [1.29, 1.82) is 0 Å². The van der Waals surface area contributed by atoms with Gasteiger partial charge in [0.1, 0.15) is 0 Å². The second-order valence-electron chi connectivity index (χ2n) is 6.39. The summed E-state index contributed by atoms with van der Waals surface area (Å²) in [6.45, 7) is 9.98. The van der Waals surface area contributed by atoms with Crippen LogP contribution in [0.15, 0.2) is 0 Å². The van der Waals surface area contributed by atoms with Crippen LogP contribution in [0.25, 0.3) is 0 Å². The summed E-state index contributed by atoms with van der Waals surface area (Å²) in [5.74, 6) is 0.471. The molecule has 0 spiro atoms. The summed E-state index contributed by atoms with van der Waals surface area (Å²) in [6.07, 6.45) is 2.25. The molecule has 2 rings (SSSR count). The number of anilines is 1. The van der Waals surface area contributed by atoms with E-state index in [4.69, 9.17) is 0 Å². The number of carbonyl (C=O) groups excluding carboxylic acids is 1. The first-order valence-corrected chi connectivity index (χ1v) is 7.36. The number of nitrogens with zero attached hydrogens (tertiary/aromatic N) is 2. The molecule has 1 fully saturated rings. The topological polar surface area (TPSA) is 59.0 Å². The van der Waals surface area contributed by atoms with Crippen LogP contribution in [0, 0.1) is 25.2 Å². The average Bonchev–Trinajstić information content (AvgIpc) is 2.66. The van der Waals surface area contributed by atoms with Gasteiger partial charge in [0, 0.05) is 12.5 Å². The van der Waals surface area contributed by atoms with E-state index in [1.165, 1.54) is 0 Å². The minimum absolute atomic E-state index is 0.0883. The SMILES string of the molecule is Cc1nn(C)c(C)c1NC(=O)C(C)(C)C1CCCNC1. The van der Waals surface area contributed by atoms with Crippen LogP contribution in [0.1, 0.15) is 38.1 Å². The Balaban J connectivity index is 2.14. The first-order valence-electron chi connectivity index (χ1n) is 7.36. The predicted molar refractivity (Wildman–Crippen MR) is 80.7 cm³/mol. The number of carbonyl (C=O) groups is 1. The zero-order valence-corrected chi connectivity index (χ0v) is 13.2. The van der Waals surface area contributed by atoms with Crippen molar-refractivity contribution in [2.45, 2.75) is 40.5 Å². The standard InChI is InChI=1S/C15H26N4O/c1-10-13(11(2)19(5)18-10)17-14(20)15(3,4)12-7-6-8-16-9-12/h12,16H,6-9H2,1-5H3,(H,17,20). The van der Waals surface area contributed by atoms with E-state index in [9.17, 15) is 4.79 Å². The quantitative estimate of drug-likeness (QED) is 0.889. The monoisotopic (exact) mass is 278 g/mol. The summed E-state index contributed by atoms with van der Waals surface area (Å²) in [7, 11) is 1.90. The van der Waals surface area contributed by atoms with E-state index in [0.29, 0.717) is 5.92 Å². The van der Waals surface area contributed by atoms with Gasteiger partial charge < -0.3 is 10.6 Å². The molecule has 1 unspecified atom stereocenters. The van der Waals surface area contributed by atoms with Crippen LogP contribution in [0.3, 0.4) is 0 Å². The number of rotatable bonds is 3. The van der Waals surface area contributed by atoms with Crippen LogP contribution < -0.4 is 10.6 Å². The van der Waals surface area contributed by atoms with Crippen LogP contribution in [-0.2, 0) is 11.8 Å². The van der Waals surface area contributed by atoms with Gasteiger partial charge in [0.25, 0.3) is 0 Å². The van der Waals surface area contributed by atoms with Crippen LogP contribution in [-0.4, -0.2) is 28.8 Å². The van der Waals surface area contributed by atoms with Gasteiger partial charge in [-0.2, -0.15) is 5.10 Å². The van der Waals surface area contributed by atoms with Gasteiger partial charge in [-0.3, -0.25) is 9.48 Å². The summed E-state index contributed by atoms with van der Waals surface area (Å²) in [5.41, 5.74) is 2.35. The maximum atomic E-state index is 12.7. The highest BCUT2D eigenvalue weighted by Crippen LogP contribution is 2.33. The van der Waals surface area contributed by atoms with Gasteiger partial charge in [-0.05, 0) is 45.7 Å². The molecule has 5 heteroatoms. The molecule has 1 aromatic heterocycles. The minimum Gasteiger partial charge on any atom is -0.322 e. The van der Waals surface area contributed by atoms with Crippen molar-refractivity contribution in [1.82, 2.24) is 15.1 Å². The smallest absolute Gasteiger partial charge is 0.230 e. The molecule has 2 heterocycles. The molecule has 1 amide bonds. The Morgan fingerprint density at radius 3 is 2.65 bits per heavy atom. The fourth-order valence-electron chi connectivity index (χ4n) is 2.88. The molecule has 5 nitrogen and oxygen atoms in total. The second kappa shape index (κ2) is 5.56. The summed E-state index contributed by atoms with van der Waals surface area (Å²) < 4.78 is 1.81. The van der Waals surface area contributed by atoms with E-state index in [2.05, 4.69) is 15.7 Å². The van der Waals surface area contributed by atoms with Crippen molar-refractivity contribution in [3.8, 4) is 0 Å². The third-order valence-electron chi connectivity index (χ3n) is 4.65. The van der Waals surface area contributed by atoms with Crippen molar-refractivity contribution in [3.63, 3.8) is 0 Å². The molecule has 0 saturated carbocycles. The summed E-state index contributed by atoms with van der Waals surface area (Å²) >= 11 is 0. The first-order chi connectivity index (χ1) is 9.34. The third kappa shape index (κ3) is 2.73. The number of hydrogen-bond donors (Lipinski definition) is 2. The molecule has 0 bridgehead atoms. The molecule has 112 valence electrons. The summed E-state index contributed by atoms with van der Waals surface area (Å²) in [5, 5.41) is 10.8. The lowest BCUT2D eigenvalue weighted by Crippen LogP contribution is -2.44. The van der Waals surface area contributed by atoms with Crippen LogP contribution in [0.2, 0.25) is 0 Å².